The van der Waals surface area contributed by atoms with E-state index in [1.807, 2.05) is 0 Å². The predicted octanol–water partition coefficient (Wildman–Crippen LogP) is 4.57. The summed E-state index contributed by atoms with van der Waals surface area (Å²) in [6.45, 7) is -0.831. The van der Waals surface area contributed by atoms with Crippen LogP contribution in [-0.2, 0) is 30.5 Å². The Bertz CT molecular complexity index is 1320. The number of aromatic nitrogens is 2. The molecule has 1 aliphatic heterocycles. The highest BCUT2D eigenvalue weighted by Gasteiger charge is 2.41. The Labute approximate surface area is 199 Å². The first-order chi connectivity index (χ1) is 16.8. The molecular formula is C23H18F8N4O. The molecule has 0 aliphatic carbocycles. The van der Waals surface area contributed by atoms with E-state index in [-0.39, 0.29) is 55.0 Å². The van der Waals surface area contributed by atoms with E-state index in [1.54, 1.807) is 0 Å². The minimum atomic E-state index is -4.87. The smallest absolute Gasteiger partial charge is 0.335 e. The van der Waals surface area contributed by atoms with Crippen LogP contribution in [0, 0.1) is 29.1 Å². The molecule has 0 saturated heterocycles. The molecule has 4 rings (SSSR count). The number of nitrogens with zero attached hydrogens (tertiary/aromatic N) is 3. The van der Waals surface area contributed by atoms with Gasteiger partial charge in [-0.15, -0.1) is 0 Å². The maximum Gasteiger partial charge on any atom is 0.449 e. The molecule has 3 aromatic rings. The monoisotopic (exact) mass is 518 g/mol. The molecule has 2 heterocycles. The lowest BCUT2D eigenvalue weighted by Gasteiger charge is -2.30. The van der Waals surface area contributed by atoms with Crippen molar-refractivity contribution in [2.75, 3.05) is 6.54 Å². The molecule has 1 amide bonds. The zero-order chi connectivity index (χ0) is 26.4. The number of carbonyl (C=O) groups is 1. The van der Waals surface area contributed by atoms with Crippen molar-refractivity contribution in [2.24, 2.45) is 5.73 Å². The van der Waals surface area contributed by atoms with Gasteiger partial charge in [0.1, 0.15) is 17.5 Å². The largest absolute Gasteiger partial charge is 0.449 e. The molecule has 1 aliphatic rings. The van der Waals surface area contributed by atoms with Gasteiger partial charge in [0, 0.05) is 43.2 Å². The van der Waals surface area contributed by atoms with Crippen molar-refractivity contribution in [3.63, 3.8) is 0 Å². The van der Waals surface area contributed by atoms with Crippen molar-refractivity contribution >= 4 is 5.91 Å². The first kappa shape index (κ1) is 25.6. The lowest BCUT2D eigenvalue weighted by atomic mass is 10.0. The first-order valence-electron chi connectivity index (χ1n) is 10.6. The highest BCUT2D eigenvalue weighted by Crippen LogP contribution is 2.37. The fourth-order valence-electron chi connectivity index (χ4n) is 4.12. The summed E-state index contributed by atoms with van der Waals surface area (Å²) in [7, 11) is 0. The van der Waals surface area contributed by atoms with E-state index in [2.05, 4.69) is 4.98 Å². The maximum absolute atomic E-state index is 14.4. The number of amides is 1. The van der Waals surface area contributed by atoms with Crippen LogP contribution in [0.1, 0.15) is 23.5 Å². The highest BCUT2D eigenvalue weighted by atomic mass is 19.4. The number of rotatable bonds is 5. The number of halogens is 8. The molecule has 1 unspecified atom stereocenters. The molecule has 0 bridgehead atoms. The van der Waals surface area contributed by atoms with Gasteiger partial charge in [0.05, 0.1) is 17.9 Å². The molecule has 1 atom stereocenters. The lowest BCUT2D eigenvalue weighted by molar-refractivity contribution is -0.148. The van der Waals surface area contributed by atoms with Crippen LogP contribution in [0.5, 0.6) is 0 Å². The van der Waals surface area contributed by atoms with Gasteiger partial charge in [0.2, 0.25) is 11.7 Å². The van der Waals surface area contributed by atoms with Crippen molar-refractivity contribution in [1.29, 1.82) is 0 Å². The number of carbonyl (C=O) groups excluding carboxylic acids is 1. The van der Waals surface area contributed by atoms with Crippen LogP contribution in [0.25, 0.3) is 11.3 Å². The minimum Gasteiger partial charge on any atom is -0.335 e. The molecule has 0 fully saturated rings. The van der Waals surface area contributed by atoms with E-state index in [0.717, 1.165) is 16.7 Å². The molecule has 0 saturated carbocycles. The van der Waals surface area contributed by atoms with Crippen LogP contribution in [0.3, 0.4) is 0 Å². The first-order valence-corrected chi connectivity index (χ1v) is 10.6. The molecule has 2 aromatic carbocycles. The number of fused-ring (bicyclic) bond motifs is 1. The zero-order valence-electron chi connectivity index (χ0n) is 18.4. The molecule has 0 radical (unpaired) electrons. The summed E-state index contributed by atoms with van der Waals surface area (Å²) < 4.78 is 110. The fourth-order valence-corrected chi connectivity index (χ4v) is 4.12. The number of benzene rings is 2. The SMILES string of the molecule is NC(CC(=O)N1CCn2c(C(F)(F)F)nc(-c3ccc(F)cc3F)c2C1)Cc1cc(F)c(F)cc1F. The van der Waals surface area contributed by atoms with Gasteiger partial charge in [-0.3, -0.25) is 4.79 Å². The van der Waals surface area contributed by atoms with Crippen LogP contribution in [-0.4, -0.2) is 32.9 Å². The Morgan fingerprint density at radius 2 is 1.67 bits per heavy atom. The van der Waals surface area contributed by atoms with Crippen molar-refractivity contribution in [2.45, 2.75) is 38.1 Å². The lowest BCUT2D eigenvalue weighted by Crippen LogP contribution is -2.42. The molecule has 1 aromatic heterocycles. The molecule has 0 spiro atoms. The molecule has 13 heteroatoms. The molecule has 192 valence electrons. The van der Waals surface area contributed by atoms with Crippen molar-refractivity contribution in [1.82, 2.24) is 14.5 Å². The van der Waals surface area contributed by atoms with Crippen LogP contribution >= 0.6 is 0 Å². The van der Waals surface area contributed by atoms with Gasteiger partial charge in [0.25, 0.3) is 0 Å². The minimum absolute atomic E-state index is 0.104. The van der Waals surface area contributed by atoms with Gasteiger partial charge in [-0.1, -0.05) is 0 Å². The van der Waals surface area contributed by atoms with E-state index < -0.39 is 53.0 Å². The summed E-state index contributed by atoms with van der Waals surface area (Å²) in [5.74, 6) is -7.63. The Balaban J connectivity index is 1.57. The number of imidazole rings is 1. The van der Waals surface area contributed by atoms with Crippen molar-refractivity contribution in [3.8, 4) is 11.3 Å². The second-order valence-electron chi connectivity index (χ2n) is 8.35. The summed E-state index contributed by atoms with van der Waals surface area (Å²) in [5.41, 5.74) is 4.81. The van der Waals surface area contributed by atoms with E-state index in [4.69, 9.17) is 5.73 Å². The average Bonchev–Trinajstić information content (AvgIpc) is 3.16. The van der Waals surface area contributed by atoms with Crippen LogP contribution in [0.2, 0.25) is 0 Å². The van der Waals surface area contributed by atoms with E-state index in [1.165, 1.54) is 4.90 Å². The summed E-state index contributed by atoms with van der Waals surface area (Å²) in [5, 5.41) is 0. The second kappa shape index (κ2) is 9.52. The predicted molar refractivity (Wildman–Crippen MR) is 111 cm³/mol. The number of hydrogen-bond donors (Lipinski definition) is 1. The zero-order valence-corrected chi connectivity index (χ0v) is 18.4. The Morgan fingerprint density at radius 1 is 0.972 bits per heavy atom. The Kier molecular flexibility index (Phi) is 6.78. The van der Waals surface area contributed by atoms with Crippen LogP contribution in [0.15, 0.2) is 30.3 Å². The van der Waals surface area contributed by atoms with Gasteiger partial charge in [-0.2, -0.15) is 13.2 Å². The standard InChI is InChI=1S/C23H18F8N4O/c24-12-1-2-14(16(26)7-12)21-19-10-34(3-4-35(19)22(33-21)23(29,30)31)20(36)8-13(32)5-11-6-17(27)18(28)9-15(11)25/h1-2,6-7,9,13H,3-5,8,10,32H2. The van der Waals surface area contributed by atoms with Gasteiger partial charge in [0.15, 0.2) is 11.6 Å². The van der Waals surface area contributed by atoms with Crippen molar-refractivity contribution in [3.05, 3.63) is 76.5 Å². The third-order valence-corrected chi connectivity index (χ3v) is 5.81. The number of hydrogen-bond acceptors (Lipinski definition) is 3. The molecular weight excluding hydrogens is 500 g/mol. The van der Waals surface area contributed by atoms with Gasteiger partial charge in [-0.25, -0.2) is 26.9 Å². The third-order valence-electron chi connectivity index (χ3n) is 5.81. The quantitative estimate of drug-likeness (QED) is 0.398. The molecule has 2 N–H and O–H groups in total. The fraction of sp³-hybridized carbons (Fsp3) is 0.304. The summed E-state index contributed by atoms with van der Waals surface area (Å²) in [6.07, 6.45) is -5.55. The van der Waals surface area contributed by atoms with E-state index >= 15 is 0 Å². The normalized spacial score (nSPS) is 14.6. The van der Waals surface area contributed by atoms with Crippen molar-refractivity contribution < 1.29 is 39.9 Å². The molecule has 5 nitrogen and oxygen atoms in total. The number of nitrogens with two attached hydrogens (primary N) is 1. The van der Waals surface area contributed by atoms with Crippen LogP contribution in [0.4, 0.5) is 35.1 Å². The Hall–Kier alpha value is -3.48. The van der Waals surface area contributed by atoms with E-state index in [0.29, 0.717) is 18.2 Å². The highest BCUT2D eigenvalue weighted by molar-refractivity contribution is 5.77. The van der Waals surface area contributed by atoms with E-state index in [9.17, 15) is 39.9 Å². The number of alkyl halides is 3. The van der Waals surface area contributed by atoms with Crippen LogP contribution < -0.4 is 5.73 Å². The van der Waals surface area contributed by atoms with Gasteiger partial charge >= 0.3 is 6.18 Å². The summed E-state index contributed by atoms with van der Waals surface area (Å²) in [4.78, 5) is 17.6. The third kappa shape index (κ3) is 5.06. The topological polar surface area (TPSA) is 64.2 Å². The summed E-state index contributed by atoms with van der Waals surface area (Å²) >= 11 is 0. The second-order valence-corrected chi connectivity index (χ2v) is 8.35. The average molecular weight is 518 g/mol. The maximum atomic E-state index is 14.4. The van der Waals surface area contributed by atoms with Gasteiger partial charge < -0.3 is 15.2 Å². The Morgan fingerprint density at radius 3 is 2.33 bits per heavy atom. The van der Waals surface area contributed by atoms with Gasteiger partial charge in [-0.05, 0) is 30.2 Å². The summed E-state index contributed by atoms with van der Waals surface area (Å²) in [6, 6.07) is 2.33. The molecule has 36 heavy (non-hydrogen) atoms.